The molecule has 0 aromatic heterocycles. The van der Waals surface area contributed by atoms with E-state index in [2.05, 4.69) is 10.3 Å². The number of amidine groups is 1. The minimum absolute atomic E-state index is 0.0811. The molecule has 0 aliphatic heterocycles. The van der Waals surface area contributed by atoms with Crippen LogP contribution in [-0.4, -0.2) is 14.3 Å². The third-order valence-electron chi connectivity index (χ3n) is 1.63. The summed E-state index contributed by atoms with van der Waals surface area (Å²) in [7, 11) is 1.27. The van der Waals surface area contributed by atoms with Gasteiger partial charge in [0, 0.05) is 16.2 Å². The normalized spacial score (nSPS) is 11.9. The Morgan fingerprint density at radius 2 is 2.06 bits per heavy atom. The maximum Gasteiger partial charge on any atom is 0.261 e. The van der Waals surface area contributed by atoms with Gasteiger partial charge in [-0.2, -0.15) is 0 Å². The van der Waals surface area contributed by atoms with Crippen LogP contribution in [0.4, 0.5) is 0 Å². The molecule has 0 saturated heterocycles. The molecule has 0 saturated carbocycles. The lowest BCUT2D eigenvalue weighted by Gasteiger charge is -2.02. The van der Waals surface area contributed by atoms with Crippen molar-refractivity contribution in [3.05, 3.63) is 28.8 Å². The molecule has 0 aliphatic rings. The quantitative estimate of drug-likeness (QED) is 0.216. The van der Waals surface area contributed by atoms with Crippen molar-refractivity contribution in [2.75, 3.05) is 0 Å². The lowest BCUT2D eigenvalue weighted by atomic mass is 10.2. The van der Waals surface area contributed by atoms with E-state index in [1.807, 2.05) is 0 Å². The van der Waals surface area contributed by atoms with Crippen molar-refractivity contribution in [2.45, 2.75) is 4.90 Å². The molecule has 0 fully saturated rings. The van der Waals surface area contributed by atoms with Crippen LogP contribution in [0.5, 0.6) is 0 Å². The van der Waals surface area contributed by atoms with E-state index in [0.29, 0.717) is 0 Å². The van der Waals surface area contributed by atoms with E-state index in [1.54, 1.807) is 0 Å². The van der Waals surface area contributed by atoms with Crippen molar-refractivity contribution < 1.29 is 8.42 Å². The highest BCUT2D eigenvalue weighted by atomic mass is 35.7. The van der Waals surface area contributed by atoms with E-state index < -0.39 is 9.05 Å². The SMILES string of the molecule is N=C(N=NN)c1cc(S(=O)(=O)Cl)ccc1Cl. The van der Waals surface area contributed by atoms with Gasteiger partial charge < -0.3 is 5.84 Å². The first-order valence-corrected chi connectivity index (χ1v) is 6.49. The van der Waals surface area contributed by atoms with Gasteiger partial charge in [-0.3, -0.25) is 5.41 Å². The number of hydrogen-bond acceptors (Lipinski definition) is 4. The van der Waals surface area contributed by atoms with Crippen molar-refractivity contribution in [2.24, 2.45) is 16.2 Å². The third-order valence-corrected chi connectivity index (χ3v) is 3.31. The van der Waals surface area contributed by atoms with Gasteiger partial charge in [-0.1, -0.05) is 16.8 Å². The Morgan fingerprint density at radius 3 is 2.56 bits per heavy atom. The predicted octanol–water partition coefficient (Wildman–Crippen LogP) is 1.92. The van der Waals surface area contributed by atoms with E-state index in [9.17, 15) is 8.42 Å². The average Bonchev–Trinajstić information content (AvgIpc) is 2.16. The molecule has 1 aromatic rings. The Hall–Kier alpha value is -1.18. The van der Waals surface area contributed by atoms with Crippen LogP contribution in [0.1, 0.15) is 5.56 Å². The molecule has 1 rings (SSSR count). The summed E-state index contributed by atoms with van der Waals surface area (Å²) in [6.45, 7) is 0. The van der Waals surface area contributed by atoms with Crippen molar-refractivity contribution in [3.63, 3.8) is 0 Å². The van der Waals surface area contributed by atoms with Crippen molar-refractivity contribution in [1.82, 2.24) is 0 Å². The van der Waals surface area contributed by atoms with Gasteiger partial charge in [0.2, 0.25) is 0 Å². The minimum Gasteiger partial charge on any atom is -0.305 e. The predicted molar refractivity (Wildman–Crippen MR) is 60.4 cm³/mol. The van der Waals surface area contributed by atoms with E-state index in [1.165, 1.54) is 12.1 Å². The fraction of sp³-hybridized carbons (Fsp3) is 0. The molecular weight excluding hydrogens is 275 g/mol. The Labute approximate surface area is 101 Å². The summed E-state index contributed by atoms with van der Waals surface area (Å²) in [5.41, 5.74) is 0.0811. The van der Waals surface area contributed by atoms with E-state index >= 15 is 0 Å². The van der Waals surface area contributed by atoms with Crippen molar-refractivity contribution >= 4 is 37.2 Å². The Kier molecular flexibility index (Phi) is 3.84. The summed E-state index contributed by atoms with van der Waals surface area (Å²) in [5, 5.41) is 13.7. The molecular formula is C7H6Cl2N4O2S. The zero-order valence-electron chi connectivity index (χ0n) is 7.68. The van der Waals surface area contributed by atoms with Gasteiger partial charge in [-0.25, -0.2) is 8.42 Å². The van der Waals surface area contributed by atoms with Gasteiger partial charge in [0.15, 0.2) is 5.84 Å². The van der Waals surface area contributed by atoms with Crippen molar-refractivity contribution in [3.8, 4) is 0 Å². The molecule has 0 atom stereocenters. The topological polar surface area (TPSA) is 109 Å². The monoisotopic (exact) mass is 280 g/mol. The Balaban J connectivity index is 3.35. The highest BCUT2D eigenvalue weighted by Gasteiger charge is 2.14. The molecule has 0 aliphatic carbocycles. The molecule has 0 spiro atoms. The van der Waals surface area contributed by atoms with Crippen molar-refractivity contribution in [1.29, 1.82) is 5.41 Å². The van der Waals surface area contributed by atoms with Gasteiger partial charge in [-0.05, 0) is 18.2 Å². The smallest absolute Gasteiger partial charge is 0.261 e. The van der Waals surface area contributed by atoms with Crippen LogP contribution in [0, 0.1) is 5.41 Å². The fourth-order valence-corrected chi connectivity index (χ4v) is 1.93. The summed E-state index contributed by atoms with van der Waals surface area (Å²) in [6.07, 6.45) is 0. The van der Waals surface area contributed by atoms with Gasteiger partial charge in [0.25, 0.3) is 9.05 Å². The number of rotatable bonds is 2. The maximum atomic E-state index is 11.0. The second-order valence-corrected chi connectivity index (χ2v) is 5.62. The lowest BCUT2D eigenvalue weighted by molar-refractivity contribution is 0.609. The second kappa shape index (κ2) is 4.77. The number of nitrogens with zero attached hydrogens (tertiary/aromatic N) is 2. The number of benzene rings is 1. The van der Waals surface area contributed by atoms with Gasteiger partial charge in [0.05, 0.1) is 9.92 Å². The zero-order chi connectivity index (χ0) is 12.3. The largest absolute Gasteiger partial charge is 0.305 e. The van der Waals surface area contributed by atoms with Gasteiger partial charge in [0.1, 0.15) is 0 Å². The van der Waals surface area contributed by atoms with E-state index in [-0.39, 0.29) is 21.3 Å². The highest BCUT2D eigenvalue weighted by Crippen LogP contribution is 2.23. The zero-order valence-corrected chi connectivity index (χ0v) is 10.0. The summed E-state index contributed by atoms with van der Waals surface area (Å²) in [5.74, 6) is 4.42. The first-order valence-electron chi connectivity index (χ1n) is 3.80. The standard InChI is InChI=1S/C7H6Cl2N4O2S/c8-6-2-1-4(16(9,14)15)3-5(6)7(10)12-13-11/h1-3H,(H3,10,11,12). The number of halogens is 2. The third kappa shape index (κ3) is 2.91. The van der Waals surface area contributed by atoms with Crippen LogP contribution in [0.2, 0.25) is 5.02 Å². The molecule has 16 heavy (non-hydrogen) atoms. The molecule has 0 amide bonds. The summed E-state index contributed by atoms with van der Waals surface area (Å²) in [4.78, 5) is -0.175. The summed E-state index contributed by atoms with van der Waals surface area (Å²) in [6, 6.07) is 3.65. The summed E-state index contributed by atoms with van der Waals surface area (Å²) >= 11 is 5.76. The molecule has 0 bridgehead atoms. The number of hydrogen-bond donors (Lipinski definition) is 2. The van der Waals surface area contributed by atoms with Crippen LogP contribution in [0.3, 0.4) is 0 Å². The first-order chi connectivity index (χ1) is 7.36. The van der Waals surface area contributed by atoms with E-state index in [4.69, 9.17) is 33.5 Å². The first kappa shape index (κ1) is 12.9. The minimum atomic E-state index is -3.88. The molecule has 3 N–H and O–H groups in total. The number of nitrogens with one attached hydrogen (secondary N) is 1. The molecule has 6 nitrogen and oxygen atoms in total. The highest BCUT2D eigenvalue weighted by molar-refractivity contribution is 8.13. The average molecular weight is 281 g/mol. The van der Waals surface area contributed by atoms with Crippen LogP contribution in [0.25, 0.3) is 0 Å². The molecule has 1 aromatic carbocycles. The summed E-state index contributed by atoms with van der Waals surface area (Å²) < 4.78 is 22.1. The van der Waals surface area contributed by atoms with Gasteiger partial charge >= 0.3 is 0 Å². The van der Waals surface area contributed by atoms with Crippen LogP contribution in [-0.2, 0) is 9.05 Å². The molecule has 0 unspecified atom stereocenters. The Bertz CT molecular complexity index is 556. The van der Waals surface area contributed by atoms with Crippen LogP contribution >= 0.6 is 22.3 Å². The molecule has 9 heteroatoms. The van der Waals surface area contributed by atoms with Crippen LogP contribution in [0.15, 0.2) is 33.4 Å². The van der Waals surface area contributed by atoms with Gasteiger partial charge in [-0.15, -0.1) is 5.11 Å². The van der Waals surface area contributed by atoms with Crippen LogP contribution < -0.4 is 5.84 Å². The second-order valence-electron chi connectivity index (χ2n) is 2.64. The molecule has 0 heterocycles. The molecule has 86 valence electrons. The lowest BCUT2D eigenvalue weighted by Crippen LogP contribution is -2.00. The van der Waals surface area contributed by atoms with E-state index in [0.717, 1.165) is 6.07 Å². The number of nitrogens with two attached hydrogens (primary N) is 1. The fourth-order valence-electron chi connectivity index (χ4n) is 0.949. The molecule has 0 radical (unpaired) electrons. The maximum absolute atomic E-state index is 11.0. The Morgan fingerprint density at radius 1 is 1.44 bits per heavy atom.